The summed E-state index contributed by atoms with van der Waals surface area (Å²) in [7, 11) is 3.11. The van der Waals surface area contributed by atoms with Gasteiger partial charge in [-0.2, -0.15) is 0 Å². The van der Waals surface area contributed by atoms with E-state index in [1.807, 2.05) is 12.1 Å². The number of fused-ring (bicyclic) bond motifs is 1. The minimum Gasteiger partial charge on any atom is -0.497 e. The molecule has 1 aliphatic rings. The SMILES string of the molecule is COc1cc(OC)cc(-c2cc(=O)c3ccc(OCCCOc4ccc(C=C5SC(=O)NC5=O)cc4)cc3o2)c1. The van der Waals surface area contributed by atoms with E-state index in [-0.39, 0.29) is 16.6 Å². The molecule has 204 valence electrons. The van der Waals surface area contributed by atoms with Gasteiger partial charge in [0.05, 0.1) is 37.7 Å². The van der Waals surface area contributed by atoms with Crippen LogP contribution >= 0.6 is 11.8 Å². The average molecular weight is 560 g/mol. The monoisotopic (exact) mass is 559 g/mol. The fraction of sp³-hybridized carbons (Fsp3) is 0.167. The van der Waals surface area contributed by atoms with Gasteiger partial charge in [0.2, 0.25) is 0 Å². The van der Waals surface area contributed by atoms with Crippen molar-refractivity contribution in [3.63, 3.8) is 0 Å². The Morgan fingerprint density at radius 2 is 1.48 bits per heavy atom. The summed E-state index contributed by atoms with van der Waals surface area (Å²) < 4.78 is 28.4. The normalized spacial score (nSPS) is 13.9. The van der Waals surface area contributed by atoms with E-state index in [0.717, 1.165) is 17.3 Å². The molecule has 3 aromatic carbocycles. The lowest BCUT2D eigenvalue weighted by Gasteiger charge is -2.10. The second-order valence-corrected chi connectivity index (χ2v) is 9.72. The molecule has 1 aliphatic heterocycles. The van der Waals surface area contributed by atoms with Crippen molar-refractivity contribution in [3.8, 4) is 34.3 Å². The minimum absolute atomic E-state index is 0.168. The maximum Gasteiger partial charge on any atom is 0.290 e. The van der Waals surface area contributed by atoms with Gasteiger partial charge in [0.15, 0.2) is 5.43 Å². The lowest BCUT2D eigenvalue weighted by atomic mass is 10.1. The van der Waals surface area contributed by atoms with Gasteiger partial charge in [0, 0.05) is 30.2 Å². The van der Waals surface area contributed by atoms with Gasteiger partial charge in [-0.05, 0) is 59.8 Å². The number of hydrogen-bond acceptors (Lipinski definition) is 9. The van der Waals surface area contributed by atoms with Crippen molar-refractivity contribution >= 4 is 40.0 Å². The fourth-order valence-electron chi connectivity index (χ4n) is 3.99. The maximum absolute atomic E-state index is 12.7. The molecule has 10 heteroatoms. The second-order valence-electron chi connectivity index (χ2n) is 8.71. The zero-order valence-electron chi connectivity index (χ0n) is 21.7. The number of imide groups is 1. The summed E-state index contributed by atoms with van der Waals surface area (Å²) in [5.74, 6) is 2.42. The Balaban J connectivity index is 1.18. The van der Waals surface area contributed by atoms with E-state index in [9.17, 15) is 14.4 Å². The van der Waals surface area contributed by atoms with Crippen LogP contribution in [0.2, 0.25) is 0 Å². The Morgan fingerprint density at radius 3 is 2.12 bits per heavy atom. The molecule has 1 aromatic heterocycles. The van der Waals surface area contributed by atoms with Crippen molar-refractivity contribution in [3.05, 3.63) is 87.4 Å². The molecular weight excluding hydrogens is 534 g/mol. The van der Waals surface area contributed by atoms with E-state index in [1.54, 1.807) is 68.8 Å². The highest BCUT2D eigenvalue weighted by atomic mass is 32.2. The smallest absolute Gasteiger partial charge is 0.290 e. The zero-order chi connectivity index (χ0) is 28.1. The number of carbonyl (C=O) groups is 2. The summed E-state index contributed by atoms with van der Waals surface area (Å²) in [5, 5.41) is 2.31. The Labute approximate surface area is 233 Å². The first-order valence-electron chi connectivity index (χ1n) is 12.3. The summed E-state index contributed by atoms with van der Waals surface area (Å²) in [6, 6.07) is 19.1. The number of rotatable bonds is 10. The summed E-state index contributed by atoms with van der Waals surface area (Å²) in [5.41, 5.74) is 1.69. The third-order valence-electron chi connectivity index (χ3n) is 5.98. The van der Waals surface area contributed by atoms with E-state index in [0.29, 0.717) is 69.8 Å². The second kappa shape index (κ2) is 12.0. The van der Waals surface area contributed by atoms with Crippen LogP contribution in [0.1, 0.15) is 12.0 Å². The highest BCUT2D eigenvalue weighted by Crippen LogP contribution is 2.31. The van der Waals surface area contributed by atoms with Crippen LogP contribution in [-0.4, -0.2) is 38.6 Å². The Kier molecular flexibility index (Phi) is 8.07. The molecule has 1 N–H and O–H groups in total. The van der Waals surface area contributed by atoms with Crippen molar-refractivity contribution < 1.29 is 33.0 Å². The van der Waals surface area contributed by atoms with Crippen molar-refractivity contribution in [2.45, 2.75) is 6.42 Å². The van der Waals surface area contributed by atoms with Crippen LogP contribution < -0.4 is 29.7 Å². The van der Waals surface area contributed by atoms with Gasteiger partial charge in [0.25, 0.3) is 11.1 Å². The first kappa shape index (κ1) is 26.9. The van der Waals surface area contributed by atoms with E-state index in [2.05, 4.69) is 5.32 Å². The van der Waals surface area contributed by atoms with Gasteiger partial charge in [-0.15, -0.1) is 0 Å². The summed E-state index contributed by atoms with van der Waals surface area (Å²) >= 11 is 0.879. The van der Waals surface area contributed by atoms with E-state index >= 15 is 0 Å². The van der Waals surface area contributed by atoms with E-state index in [4.69, 9.17) is 23.4 Å². The van der Waals surface area contributed by atoms with Gasteiger partial charge in [-0.1, -0.05) is 12.1 Å². The molecule has 0 bridgehead atoms. The zero-order valence-corrected chi connectivity index (χ0v) is 22.5. The number of ether oxygens (including phenoxy) is 4. The Bertz CT molecular complexity index is 1640. The number of thioether (sulfide) groups is 1. The van der Waals surface area contributed by atoms with Crippen LogP contribution in [0.3, 0.4) is 0 Å². The Morgan fingerprint density at radius 1 is 0.800 bits per heavy atom. The number of methoxy groups -OCH3 is 2. The number of benzene rings is 3. The highest BCUT2D eigenvalue weighted by molar-refractivity contribution is 8.18. The average Bonchev–Trinajstić information content (AvgIpc) is 3.28. The van der Waals surface area contributed by atoms with Crippen LogP contribution in [0.4, 0.5) is 4.79 Å². The molecular formula is C30H25NO8S. The van der Waals surface area contributed by atoms with Crippen LogP contribution in [0.15, 0.2) is 80.8 Å². The quantitative estimate of drug-likeness (QED) is 0.195. The van der Waals surface area contributed by atoms with Gasteiger partial charge in [-0.25, -0.2) is 0 Å². The highest BCUT2D eigenvalue weighted by Gasteiger charge is 2.24. The molecule has 40 heavy (non-hydrogen) atoms. The van der Waals surface area contributed by atoms with Crippen molar-refractivity contribution in [2.24, 2.45) is 0 Å². The van der Waals surface area contributed by atoms with Crippen LogP contribution in [0.25, 0.3) is 28.4 Å². The summed E-state index contributed by atoms with van der Waals surface area (Å²) in [4.78, 5) is 36.1. The van der Waals surface area contributed by atoms with Gasteiger partial charge in [0.1, 0.15) is 34.3 Å². The molecule has 0 spiro atoms. The molecule has 0 aliphatic carbocycles. The molecule has 4 aromatic rings. The lowest BCUT2D eigenvalue weighted by Crippen LogP contribution is -2.17. The number of nitrogens with one attached hydrogen (secondary N) is 1. The van der Waals surface area contributed by atoms with Crippen molar-refractivity contribution in [1.82, 2.24) is 5.32 Å². The van der Waals surface area contributed by atoms with E-state index < -0.39 is 0 Å². The summed E-state index contributed by atoms with van der Waals surface area (Å²) in [6.07, 6.45) is 2.28. The van der Waals surface area contributed by atoms with Gasteiger partial charge in [-0.3, -0.25) is 19.7 Å². The predicted molar refractivity (Wildman–Crippen MR) is 152 cm³/mol. The molecule has 2 heterocycles. The molecule has 5 rings (SSSR count). The molecule has 1 fully saturated rings. The first-order chi connectivity index (χ1) is 19.4. The van der Waals surface area contributed by atoms with Crippen LogP contribution in [0.5, 0.6) is 23.0 Å². The summed E-state index contributed by atoms with van der Waals surface area (Å²) in [6.45, 7) is 0.824. The standard InChI is InChI=1S/C30H25NO8S/c1-35-22-13-19(14-23(15-22)36-2)26-17-25(32)24-9-8-21(16-27(24)39-26)38-11-3-10-37-20-6-4-18(5-7-20)12-28-29(33)31-30(34)40-28/h4-9,12-17H,3,10-11H2,1-2H3,(H,31,33,34). The molecule has 0 atom stereocenters. The molecule has 0 unspecified atom stereocenters. The van der Waals surface area contributed by atoms with Crippen LogP contribution in [-0.2, 0) is 4.79 Å². The number of hydrogen-bond donors (Lipinski definition) is 1. The predicted octanol–water partition coefficient (Wildman–Crippen LogP) is 5.65. The third-order valence-corrected chi connectivity index (χ3v) is 6.79. The van der Waals surface area contributed by atoms with Crippen molar-refractivity contribution in [1.29, 1.82) is 0 Å². The van der Waals surface area contributed by atoms with Crippen molar-refractivity contribution in [2.75, 3.05) is 27.4 Å². The number of carbonyl (C=O) groups excluding carboxylic acids is 2. The topological polar surface area (TPSA) is 113 Å². The number of amides is 2. The molecule has 1 saturated heterocycles. The molecule has 0 saturated carbocycles. The van der Waals surface area contributed by atoms with Gasteiger partial charge >= 0.3 is 0 Å². The molecule has 2 amide bonds. The molecule has 9 nitrogen and oxygen atoms in total. The maximum atomic E-state index is 12.7. The first-order valence-corrected chi connectivity index (χ1v) is 13.2. The fourth-order valence-corrected chi connectivity index (χ4v) is 4.67. The largest absolute Gasteiger partial charge is 0.497 e. The lowest BCUT2D eigenvalue weighted by molar-refractivity contribution is -0.115. The molecule has 0 radical (unpaired) electrons. The van der Waals surface area contributed by atoms with Gasteiger partial charge < -0.3 is 23.4 Å². The third kappa shape index (κ3) is 6.29. The minimum atomic E-state index is -0.387. The van der Waals surface area contributed by atoms with E-state index in [1.165, 1.54) is 6.07 Å². The Hall–Kier alpha value is -4.70. The van der Waals surface area contributed by atoms with Crippen LogP contribution in [0, 0.1) is 0 Å².